The van der Waals surface area contributed by atoms with E-state index >= 15 is 0 Å². The summed E-state index contributed by atoms with van der Waals surface area (Å²) in [6.07, 6.45) is 8.13. The summed E-state index contributed by atoms with van der Waals surface area (Å²) in [7, 11) is 1.28. The third-order valence-electron chi connectivity index (χ3n) is 9.53. The van der Waals surface area contributed by atoms with Crippen LogP contribution in [0.1, 0.15) is 70.3 Å². The molecule has 0 amide bonds. The van der Waals surface area contributed by atoms with Gasteiger partial charge >= 0.3 is 29.0 Å². The molecular weight excluding hydrogens is 541 g/mol. The van der Waals surface area contributed by atoms with Gasteiger partial charge in [0, 0.05) is 5.56 Å². The first-order chi connectivity index (χ1) is 19.4. The van der Waals surface area contributed by atoms with Crippen molar-refractivity contribution in [3.63, 3.8) is 0 Å². The van der Waals surface area contributed by atoms with Crippen LogP contribution in [0, 0.1) is 38.5 Å². The molecule has 42 heavy (non-hydrogen) atoms. The fraction of sp³-hybridized carbons (Fsp3) is 0.394. The molecule has 3 aromatic rings. The molecule has 8 nitrogen and oxygen atoms in total. The van der Waals surface area contributed by atoms with E-state index in [9.17, 15) is 14.7 Å². The first kappa shape index (κ1) is 30.3. The molecule has 5 atom stereocenters. The largest absolute Gasteiger partial charge is 2.00 e. The molecule has 1 fully saturated rings. The molecule has 0 aromatic carbocycles. The van der Waals surface area contributed by atoms with Crippen molar-refractivity contribution in [2.45, 2.75) is 59.7 Å². The van der Waals surface area contributed by atoms with Crippen LogP contribution in [0.2, 0.25) is 0 Å². The van der Waals surface area contributed by atoms with Crippen LogP contribution in [0.3, 0.4) is 0 Å². The molecule has 2 aliphatic heterocycles. The van der Waals surface area contributed by atoms with Crippen LogP contribution in [-0.2, 0) is 16.0 Å². The van der Waals surface area contributed by atoms with Gasteiger partial charge in [-0.25, -0.2) is 0 Å². The molecule has 1 aliphatic carbocycles. The number of carbonyl (C=O) groups is 2. The van der Waals surface area contributed by atoms with E-state index in [2.05, 4.69) is 13.5 Å². The summed E-state index contributed by atoms with van der Waals surface area (Å²) >= 11 is 0. The Morgan fingerprint density at radius 2 is 1.74 bits per heavy atom. The number of aromatic nitrogens is 3. The molecule has 1 N–H and O–H groups in total. The topological polar surface area (TPSA) is 120 Å². The average molecular weight is 575 g/mol. The molecule has 0 radical (unpaired) electrons. The summed E-state index contributed by atoms with van der Waals surface area (Å²) in [4.78, 5) is 41.7. The van der Waals surface area contributed by atoms with E-state index in [0.717, 1.165) is 45.4 Å². The summed E-state index contributed by atoms with van der Waals surface area (Å²) in [5.41, 5.74) is 5.49. The van der Waals surface area contributed by atoms with E-state index in [1.165, 1.54) is 7.11 Å². The standard InChI is InChI=1S/C33H35N4O4.Mg/c1-9-19-15(4)21-11-24-20(10-2)16(5)25(35-24)13-33(40)18(7)14(3)29(37-33)27-28(32(39)41-8)31(38)26-17(6)22(36-30(26)27)12-23(19)34-21;/h10-14,18,28-29,40H,2,9H2,1,3-8H3,(H-,34,35,38);/q-3;+2/p-1/b25-13-;/t14-,18-,28+,29?,33-;/m0./s1. The first-order valence-electron chi connectivity index (χ1n) is 14.1. The Hall–Kier alpha value is -3.11. The summed E-state index contributed by atoms with van der Waals surface area (Å²) in [5.74, 6) is -2.68. The van der Waals surface area contributed by atoms with Crippen LogP contribution >= 0.6 is 0 Å². The van der Waals surface area contributed by atoms with E-state index in [1.807, 2.05) is 46.8 Å². The minimum absolute atomic E-state index is 0. The van der Waals surface area contributed by atoms with Gasteiger partial charge in [0.05, 0.1) is 7.11 Å². The number of Topliss-reactive ketones (excluding diaryl/α,β-unsaturated/α-hetero) is 1. The fourth-order valence-electron chi connectivity index (χ4n) is 6.85. The van der Waals surface area contributed by atoms with E-state index in [-0.39, 0.29) is 40.7 Å². The molecule has 1 unspecified atom stereocenters. The molecular formula is C33H34MgN4O4-2. The summed E-state index contributed by atoms with van der Waals surface area (Å²) < 4.78 is 5.09. The SMILES string of the molecule is C=Cc1c(C)/c2[n-]/c1=C\c1[n-]c(c(CC)c1C)/C=c1\[n-]c3c(c1C)C(=O)[C@H](C(=O)OC)C=3C1[N-][C@](O)(\C=2)[C@@H](C)[C@@H]1C.[Mg+2]. The molecule has 0 saturated carbocycles. The Balaban J connectivity index is 0.00000353. The summed E-state index contributed by atoms with van der Waals surface area (Å²) in [6.45, 7) is 15.9. The third kappa shape index (κ3) is 4.16. The summed E-state index contributed by atoms with van der Waals surface area (Å²) in [5, 5.41) is 19.3. The van der Waals surface area contributed by atoms with E-state index in [0.29, 0.717) is 32.7 Å². The third-order valence-corrected chi connectivity index (χ3v) is 9.53. The van der Waals surface area contributed by atoms with Crippen molar-refractivity contribution in [3.05, 3.63) is 78.1 Å². The van der Waals surface area contributed by atoms with Crippen LogP contribution < -0.4 is 36.3 Å². The Labute approximate surface area is 260 Å². The molecule has 214 valence electrons. The van der Waals surface area contributed by atoms with Crippen LogP contribution in [0.4, 0.5) is 0 Å². The maximum atomic E-state index is 13.8. The molecule has 9 heteroatoms. The quantitative estimate of drug-likeness (QED) is 0.277. The average Bonchev–Trinajstić information content (AvgIpc) is 3.65. The minimum Gasteiger partial charge on any atom is -0.657 e. The van der Waals surface area contributed by atoms with Gasteiger partial charge in [0.25, 0.3) is 0 Å². The Kier molecular flexibility index (Phi) is 7.63. The van der Waals surface area contributed by atoms with Gasteiger partial charge in [0.15, 0.2) is 5.78 Å². The van der Waals surface area contributed by atoms with Gasteiger partial charge in [0.1, 0.15) is 5.92 Å². The zero-order chi connectivity index (χ0) is 29.5. The Morgan fingerprint density at radius 1 is 1.05 bits per heavy atom. The molecule has 3 aliphatic rings. The van der Waals surface area contributed by atoms with Gasteiger partial charge in [-0.15, -0.1) is 38.8 Å². The number of ether oxygens (including phenoxy) is 1. The van der Waals surface area contributed by atoms with Crippen molar-refractivity contribution in [2.24, 2.45) is 17.8 Å². The number of hydrogen-bond donors (Lipinski definition) is 1. The van der Waals surface area contributed by atoms with Crippen molar-refractivity contribution in [1.29, 1.82) is 0 Å². The van der Waals surface area contributed by atoms with Crippen molar-refractivity contribution < 1.29 is 19.4 Å². The minimum atomic E-state index is -1.59. The number of esters is 1. The van der Waals surface area contributed by atoms with Crippen molar-refractivity contribution in [1.82, 2.24) is 15.0 Å². The monoisotopic (exact) mass is 574 g/mol. The molecule has 8 bridgehead atoms. The van der Waals surface area contributed by atoms with Crippen LogP contribution in [0.25, 0.3) is 35.2 Å². The Morgan fingerprint density at radius 3 is 2.38 bits per heavy atom. The second-order valence-corrected chi connectivity index (χ2v) is 11.5. The van der Waals surface area contributed by atoms with Crippen molar-refractivity contribution in [3.8, 4) is 0 Å². The first-order valence-corrected chi connectivity index (χ1v) is 14.1. The summed E-state index contributed by atoms with van der Waals surface area (Å²) in [6, 6.07) is -0.632. The normalized spacial score (nSPS) is 28.2. The van der Waals surface area contributed by atoms with Gasteiger partial charge in [-0.2, -0.15) is 0 Å². The molecule has 0 spiro atoms. The van der Waals surface area contributed by atoms with Crippen molar-refractivity contribution in [2.75, 3.05) is 7.11 Å². The molecule has 6 rings (SSSR count). The van der Waals surface area contributed by atoms with Crippen LogP contribution in [0.5, 0.6) is 0 Å². The van der Waals surface area contributed by atoms with Gasteiger partial charge < -0.3 is 30.1 Å². The smallest absolute Gasteiger partial charge is 0.657 e. The zero-order valence-electron chi connectivity index (χ0n) is 25.2. The van der Waals surface area contributed by atoms with Gasteiger partial charge in [0.2, 0.25) is 0 Å². The van der Waals surface area contributed by atoms with Crippen LogP contribution in [-0.4, -0.2) is 58.8 Å². The zero-order valence-corrected chi connectivity index (χ0v) is 26.6. The number of fused-ring (bicyclic) bond motifs is 8. The number of methoxy groups -OCH3 is 1. The number of carbonyl (C=O) groups excluding carboxylic acids is 2. The van der Waals surface area contributed by atoms with E-state index in [4.69, 9.17) is 25.0 Å². The maximum Gasteiger partial charge on any atom is 2.00 e. The predicted molar refractivity (Wildman–Crippen MR) is 162 cm³/mol. The molecule has 3 aromatic heterocycles. The van der Waals surface area contributed by atoms with E-state index in [1.54, 1.807) is 12.2 Å². The van der Waals surface area contributed by atoms with Crippen molar-refractivity contribution >= 4 is 64.7 Å². The fourth-order valence-corrected chi connectivity index (χ4v) is 6.85. The Bertz CT molecular complexity index is 1910. The predicted octanol–water partition coefficient (Wildman–Crippen LogP) is 0.613. The van der Waals surface area contributed by atoms with Gasteiger partial charge in [-0.1, -0.05) is 85.4 Å². The van der Waals surface area contributed by atoms with E-state index < -0.39 is 23.7 Å². The number of ketones is 1. The second kappa shape index (κ2) is 10.6. The number of rotatable bonds is 3. The molecule has 1 saturated heterocycles. The molecule has 5 heterocycles. The number of nitrogens with zero attached hydrogens (tertiary/aromatic N) is 4. The van der Waals surface area contributed by atoms with Crippen LogP contribution in [0.15, 0.2) is 6.58 Å². The second-order valence-electron chi connectivity index (χ2n) is 11.5. The maximum absolute atomic E-state index is 13.8. The van der Waals surface area contributed by atoms with Gasteiger partial charge in [-0.05, 0) is 44.4 Å². The number of hydrogen-bond acceptors (Lipinski definition) is 4. The van der Waals surface area contributed by atoms with Gasteiger partial charge in [-0.3, -0.25) is 9.59 Å². The number of aliphatic hydroxyl groups is 1.